The molecule has 0 aliphatic carbocycles. The summed E-state index contributed by atoms with van der Waals surface area (Å²) < 4.78 is 13.3. The molecular formula is C10H10FNO3. The summed E-state index contributed by atoms with van der Waals surface area (Å²) in [6, 6.07) is 3.94. The minimum Gasteiger partial charge on any atom is -0.465 e. The molecule has 1 amide bonds. The highest BCUT2D eigenvalue weighted by atomic mass is 19.1. The summed E-state index contributed by atoms with van der Waals surface area (Å²) in [4.78, 5) is 10.3. The molecule has 0 saturated carbocycles. The van der Waals surface area contributed by atoms with Crippen molar-refractivity contribution < 1.29 is 19.4 Å². The van der Waals surface area contributed by atoms with Gasteiger partial charge in [-0.1, -0.05) is 12.2 Å². The lowest BCUT2D eigenvalue weighted by Gasteiger charge is -2.02. The minimum absolute atomic E-state index is 0.168. The molecular weight excluding hydrogens is 201 g/mol. The number of hydrogen-bond acceptors (Lipinski definition) is 2. The van der Waals surface area contributed by atoms with Gasteiger partial charge in [0.25, 0.3) is 0 Å². The molecule has 80 valence electrons. The molecule has 0 aromatic heterocycles. The van der Waals surface area contributed by atoms with Crippen LogP contribution >= 0.6 is 0 Å². The van der Waals surface area contributed by atoms with Gasteiger partial charge in [-0.15, -0.1) is 0 Å². The van der Waals surface area contributed by atoms with Crippen LogP contribution in [0.5, 0.6) is 0 Å². The number of aliphatic hydroxyl groups is 1. The fraction of sp³-hybridized carbons (Fsp3) is 0.100. The van der Waals surface area contributed by atoms with Crippen molar-refractivity contribution in [3.05, 3.63) is 35.7 Å². The fourth-order valence-corrected chi connectivity index (χ4v) is 1.04. The van der Waals surface area contributed by atoms with Crippen LogP contribution in [0.4, 0.5) is 14.9 Å². The number of hydrogen-bond donors (Lipinski definition) is 3. The lowest BCUT2D eigenvalue weighted by molar-refractivity contribution is 0.209. The first-order valence-corrected chi connectivity index (χ1v) is 4.20. The maximum Gasteiger partial charge on any atom is 0.409 e. The number of aliphatic hydroxyl groups excluding tert-OH is 1. The van der Waals surface area contributed by atoms with E-state index in [0.29, 0.717) is 5.56 Å². The summed E-state index contributed by atoms with van der Waals surface area (Å²) in [5.41, 5.74) is 0.459. The van der Waals surface area contributed by atoms with Gasteiger partial charge in [0.1, 0.15) is 5.82 Å². The van der Waals surface area contributed by atoms with Gasteiger partial charge in [0.05, 0.1) is 6.61 Å². The molecule has 0 spiro atoms. The molecule has 1 aromatic carbocycles. The number of anilines is 1. The maximum absolute atomic E-state index is 13.3. The fourth-order valence-electron chi connectivity index (χ4n) is 1.04. The van der Waals surface area contributed by atoms with Crippen molar-refractivity contribution in [2.75, 3.05) is 11.9 Å². The molecule has 0 radical (unpaired) electrons. The molecule has 1 rings (SSSR count). The molecule has 1 aromatic rings. The highest BCUT2D eigenvalue weighted by Crippen LogP contribution is 2.15. The molecule has 0 aliphatic rings. The number of carbonyl (C=O) groups is 1. The Labute approximate surface area is 85.7 Å². The molecule has 0 saturated heterocycles. The topological polar surface area (TPSA) is 69.6 Å². The Kier molecular flexibility index (Phi) is 3.82. The number of benzene rings is 1. The van der Waals surface area contributed by atoms with Crippen molar-refractivity contribution in [3.63, 3.8) is 0 Å². The molecule has 4 nitrogen and oxygen atoms in total. The lowest BCUT2D eigenvalue weighted by atomic mass is 10.2. The van der Waals surface area contributed by atoms with Crippen molar-refractivity contribution in [3.8, 4) is 0 Å². The second-order valence-electron chi connectivity index (χ2n) is 2.75. The van der Waals surface area contributed by atoms with E-state index in [9.17, 15) is 9.18 Å². The maximum atomic E-state index is 13.3. The van der Waals surface area contributed by atoms with Gasteiger partial charge in [-0.25, -0.2) is 9.18 Å². The third-order valence-corrected chi connectivity index (χ3v) is 1.65. The average Bonchev–Trinajstić information content (AvgIpc) is 2.15. The molecule has 0 aliphatic heterocycles. The first-order valence-electron chi connectivity index (χ1n) is 4.20. The molecule has 0 fully saturated rings. The van der Waals surface area contributed by atoms with E-state index >= 15 is 0 Å². The summed E-state index contributed by atoms with van der Waals surface area (Å²) >= 11 is 0. The third-order valence-electron chi connectivity index (χ3n) is 1.65. The second kappa shape index (κ2) is 5.11. The van der Waals surface area contributed by atoms with Crippen LogP contribution < -0.4 is 5.32 Å². The molecule has 15 heavy (non-hydrogen) atoms. The van der Waals surface area contributed by atoms with Crippen molar-refractivity contribution >= 4 is 17.9 Å². The average molecular weight is 211 g/mol. The zero-order valence-electron chi connectivity index (χ0n) is 7.77. The summed E-state index contributed by atoms with van der Waals surface area (Å²) in [6.07, 6.45) is 1.57. The van der Waals surface area contributed by atoms with E-state index in [2.05, 4.69) is 0 Å². The first kappa shape index (κ1) is 11.2. The van der Waals surface area contributed by atoms with Gasteiger partial charge in [-0.2, -0.15) is 0 Å². The lowest BCUT2D eigenvalue weighted by Crippen LogP contribution is -2.07. The summed E-state index contributed by atoms with van der Waals surface area (Å²) in [5.74, 6) is -0.550. The number of halogens is 1. The van der Waals surface area contributed by atoms with Crippen LogP contribution in [0.3, 0.4) is 0 Å². The van der Waals surface area contributed by atoms with E-state index in [4.69, 9.17) is 10.2 Å². The quantitative estimate of drug-likeness (QED) is 0.715. The Morgan fingerprint density at radius 2 is 2.27 bits per heavy atom. The van der Waals surface area contributed by atoms with Crippen LogP contribution in [0.15, 0.2) is 24.3 Å². The number of nitrogens with one attached hydrogen (secondary N) is 1. The SMILES string of the molecule is O=C(O)Nc1ccc(C=CCO)c(F)c1. The molecule has 5 heteroatoms. The Balaban J connectivity index is 2.87. The van der Waals surface area contributed by atoms with Gasteiger partial charge in [0.15, 0.2) is 0 Å². The van der Waals surface area contributed by atoms with Crippen molar-refractivity contribution in [2.45, 2.75) is 0 Å². The van der Waals surface area contributed by atoms with Gasteiger partial charge >= 0.3 is 6.09 Å². The van der Waals surface area contributed by atoms with Gasteiger partial charge in [0.2, 0.25) is 0 Å². The van der Waals surface area contributed by atoms with Crippen LogP contribution in [-0.4, -0.2) is 22.9 Å². The highest BCUT2D eigenvalue weighted by Gasteiger charge is 2.02. The first-order chi connectivity index (χ1) is 7.13. The summed E-state index contributed by atoms with van der Waals surface area (Å²) in [5, 5.41) is 18.9. The van der Waals surface area contributed by atoms with Gasteiger partial charge in [-0.3, -0.25) is 5.32 Å². The van der Waals surface area contributed by atoms with Gasteiger partial charge in [-0.05, 0) is 18.2 Å². The predicted octanol–water partition coefficient (Wildman–Crippen LogP) is 1.92. The standard InChI is InChI=1S/C10H10FNO3/c11-9-6-8(12-10(14)15)4-3-7(9)2-1-5-13/h1-4,6,12-13H,5H2,(H,14,15). The Hall–Kier alpha value is -1.88. The van der Waals surface area contributed by atoms with Crippen LogP contribution in [0, 0.1) is 5.82 Å². The van der Waals surface area contributed by atoms with Gasteiger partial charge < -0.3 is 10.2 Å². The summed E-state index contributed by atoms with van der Waals surface area (Å²) in [7, 11) is 0. The van der Waals surface area contributed by atoms with E-state index in [0.717, 1.165) is 6.07 Å². The van der Waals surface area contributed by atoms with Crippen LogP contribution in [-0.2, 0) is 0 Å². The molecule has 0 unspecified atom stereocenters. The van der Waals surface area contributed by atoms with E-state index in [-0.39, 0.29) is 12.3 Å². The minimum atomic E-state index is -1.24. The summed E-state index contributed by atoms with van der Waals surface area (Å²) in [6.45, 7) is -0.172. The number of amides is 1. The van der Waals surface area contributed by atoms with E-state index in [1.807, 2.05) is 5.32 Å². The van der Waals surface area contributed by atoms with Crippen LogP contribution in [0.25, 0.3) is 6.08 Å². The predicted molar refractivity (Wildman–Crippen MR) is 54.2 cm³/mol. The molecule has 0 atom stereocenters. The van der Waals surface area contributed by atoms with Crippen LogP contribution in [0.2, 0.25) is 0 Å². The Bertz CT molecular complexity index is 390. The molecule has 0 heterocycles. The highest BCUT2D eigenvalue weighted by molar-refractivity contribution is 5.83. The van der Waals surface area contributed by atoms with Crippen molar-refractivity contribution in [1.29, 1.82) is 0 Å². The number of rotatable bonds is 3. The van der Waals surface area contributed by atoms with E-state index in [1.165, 1.54) is 24.3 Å². The zero-order chi connectivity index (χ0) is 11.3. The smallest absolute Gasteiger partial charge is 0.409 e. The van der Waals surface area contributed by atoms with Crippen molar-refractivity contribution in [1.82, 2.24) is 0 Å². The normalized spacial score (nSPS) is 10.5. The van der Waals surface area contributed by atoms with Crippen molar-refractivity contribution in [2.24, 2.45) is 0 Å². The molecule has 3 N–H and O–H groups in total. The zero-order valence-corrected chi connectivity index (χ0v) is 7.77. The number of carboxylic acid groups (broad SMARTS) is 1. The van der Waals surface area contributed by atoms with E-state index in [1.54, 1.807) is 0 Å². The Morgan fingerprint density at radius 3 is 2.80 bits per heavy atom. The van der Waals surface area contributed by atoms with Gasteiger partial charge in [0, 0.05) is 11.3 Å². The van der Waals surface area contributed by atoms with E-state index < -0.39 is 11.9 Å². The monoisotopic (exact) mass is 211 g/mol. The largest absolute Gasteiger partial charge is 0.465 e. The van der Waals surface area contributed by atoms with Crippen LogP contribution in [0.1, 0.15) is 5.56 Å². The Morgan fingerprint density at radius 1 is 1.53 bits per heavy atom. The molecule has 0 bridgehead atoms. The third kappa shape index (κ3) is 3.40. The second-order valence-corrected chi connectivity index (χ2v) is 2.75.